The molecule has 4 rings (SSSR count). The smallest absolute Gasteiger partial charge is 0.269 e. The number of hydrogen-bond donors (Lipinski definition) is 0. The van der Waals surface area contributed by atoms with Gasteiger partial charge in [-0.3, -0.25) is 19.7 Å². The highest BCUT2D eigenvalue weighted by atomic mass is 16.6. The summed E-state index contributed by atoms with van der Waals surface area (Å²) >= 11 is 0. The SMILES string of the molecule is Cc1cc(C)c2c(c1)C(=O)CC1(CCN(C(=O)c3ccc([N+](=O)[O-])cc3)CC1)O2. The average molecular weight is 394 g/mol. The van der Waals surface area contributed by atoms with Crippen LogP contribution in [0.5, 0.6) is 5.75 Å². The molecule has 0 saturated carbocycles. The van der Waals surface area contributed by atoms with Gasteiger partial charge in [-0.2, -0.15) is 0 Å². The molecule has 29 heavy (non-hydrogen) atoms. The molecule has 0 aliphatic carbocycles. The number of nitro groups is 1. The van der Waals surface area contributed by atoms with Crippen molar-refractivity contribution in [2.24, 2.45) is 0 Å². The Morgan fingerprint density at radius 2 is 1.79 bits per heavy atom. The van der Waals surface area contributed by atoms with Gasteiger partial charge in [-0.1, -0.05) is 6.07 Å². The molecule has 0 N–H and O–H groups in total. The van der Waals surface area contributed by atoms with Crippen molar-refractivity contribution in [1.82, 2.24) is 4.90 Å². The maximum atomic E-state index is 12.8. The van der Waals surface area contributed by atoms with Crippen molar-refractivity contribution in [3.05, 3.63) is 68.8 Å². The molecule has 1 saturated heterocycles. The van der Waals surface area contributed by atoms with E-state index in [2.05, 4.69) is 0 Å². The number of nitrogens with zero attached hydrogens (tertiary/aromatic N) is 2. The van der Waals surface area contributed by atoms with E-state index in [4.69, 9.17) is 4.74 Å². The number of likely N-dealkylation sites (tertiary alicyclic amines) is 1. The molecule has 2 aromatic rings. The van der Waals surface area contributed by atoms with E-state index in [9.17, 15) is 19.7 Å². The number of non-ortho nitro benzene ring substituents is 1. The quantitative estimate of drug-likeness (QED) is 0.570. The summed E-state index contributed by atoms with van der Waals surface area (Å²) in [6.07, 6.45) is 1.47. The van der Waals surface area contributed by atoms with Crippen LogP contribution in [-0.2, 0) is 0 Å². The molecule has 0 aromatic heterocycles. The Balaban J connectivity index is 1.48. The number of Topliss-reactive ketones (excluding diaryl/α,β-unsaturated/α-hetero) is 1. The predicted molar refractivity (Wildman–Crippen MR) is 106 cm³/mol. The normalized spacial score (nSPS) is 17.6. The van der Waals surface area contributed by atoms with E-state index in [0.717, 1.165) is 11.1 Å². The number of fused-ring (bicyclic) bond motifs is 1. The van der Waals surface area contributed by atoms with E-state index in [0.29, 0.717) is 49.2 Å². The number of benzene rings is 2. The van der Waals surface area contributed by atoms with Crippen molar-refractivity contribution >= 4 is 17.4 Å². The summed E-state index contributed by atoms with van der Waals surface area (Å²) < 4.78 is 6.36. The first kappa shape index (κ1) is 19.1. The largest absolute Gasteiger partial charge is 0.486 e. The predicted octanol–water partition coefficient (Wildman–Crippen LogP) is 3.85. The molecule has 0 unspecified atom stereocenters. The number of rotatable bonds is 2. The standard InChI is InChI=1S/C22H22N2O5/c1-14-11-15(2)20-18(12-14)19(25)13-22(29-20)7-9-23(10-8-22)21(26)16-3-5-17(6-4-16)24(27)28/h3-6,11-12H,7-10,13H2,1-2H3. The Labute approximate surface area is 168 Å². The molecule has 0 bridgehead atoms. The lowest BCUT2D eigenvalue weighted by molar-refractivity contribution is -0.384. The van der Waals surface area contributed by atoms with E-state index in [1.54, 1.807) is 4.90 Å². The summed E-state index contributed by atoms with van der Waals surface area (Å²) in [6.45, 7) is 4.87. The summed E-state index contributed by atoms with van der Waals surface area (Å²) in [6, 6.07) is 9.52. The van der Waals surface area contributed by atoms with Crippen LogP contribution < -0.4 is 4.74 Å². The first-order valence-electron chi connectivity index (χ1n) is 9.65. The van der Waals surface area contributed by atoms with Crippen molar-refractivity contribution < 1.29 is 19.2 Å². The molecule has 7 heteroatoms. The van der Waals surface area contributed by atoms with Crippen molar-refractivity contribution in [1.29, 1.82) is 0 Å². The summed E-state index contributed by atoms with van der Waals surface area (Å²) in [5.74, 6) is 0.597. The molecule has 150 valence electrons. The van der Waals surface area contributed by atoms with Crippen molar-refractivity contribution in [2.45, 2.75) is 38.7 Å². The number of nitro benzene ring substituents is 1. The Morgan fingerprint density at radius 3 is 2.41 bits per heavy atom. The summed E-state index contributed by atoms with van der Waals surface area (Å²) in [7, 11) is 0. The van der Waals surface area contributed by atoms with Gasteiger partial charge in [0.25, 0.3) is 11.6 Å². The lowest BCUT2D eigenvalue weighted by Gasteiger charge is -2.44. The summed E-state index contributed by atoms with van der Waals surface area (Å²) in [5, 5.41) is 10.8. The molecule has 2 aliphatic heterocycles. The van der Waals surface area contributed by atoms with E-state index >= 15 is 0 Å². The molecule has 0 radical (unpaired) electrons. The Bertz CT molecular complexity index is 1000. The van der Waals surface area contributed by atoms with Gasteiger partial charge in [0.05, 0.1) is 16.9 Å². The van der Waals surface area contributed by atoms with Gasteiger partial charge in [0.2, 0.25) is 0 Å². The van der Waals surface area contributed by atoms with E-state index in [1.165, 1.54) is 24.3 Å². The number of ketones is 1. The zero-order valence-corrected chi connectivity index (χ0v) is 16.4. The zero-order chi connectivity index (χ0) is 20.8. The summed E-state index contributed by atoms with van der Waals surface area (Å²) in [4.78, 5) is 37.5. The van der Waals surface area contributed by atoms with Gasteiger partial charge < -0.3 is 9.64 Å². The van der Waals surface area contributed by atoms with Gasteiger partial charge in [-0.25, -0.2) is 0 Å². The van der Waals surface area contributed by atoms with Gasteiger partial charge >= 0.3 is 0 Å². The van der Waals surface area contributed by atoms with Crippen LogP contribution >= 0.6 is 0 Å². The lowest BCUT2D eigenvalue weighted by atomic mass is 9.81. The molecular formula is C22H22N2O5. The number of aryl methyl sites for hydroxylation is 2. The van der Waals surface area contributed by atoms with Crippen LogP contribution in [0.1, 0.15) is 51.1 Å². The van der Waals surface area contributed by atoms with Gasteiger partial charge in [-0.15, -0.1) is 0 Å². The maximum Gasteiger partial charge on any atom is 0.269 e. The van der Waals surface area contributed by atoms with Gasteiger partial charge in [0.1, 0.15) is 11.4 Å². The fourth-order valence-electron chi connectivity index (χ4n) is 4.24. The van der Waals surface area contributed by atoms with Crippen molar-refractivity contribution in [2.75, 3.05) is 13.1 Å². The minimum Gasteiger partial charge on any atom is -0.486 e. The average Bonchev–Trinajstić information content (AvgIpc) is 2.69. The van der Waals surface area contributed by atoms with Gasteiger partial charge in [-0.05, 0) is 43.2 Å². The highest BCUT2D eigenvalue weighted by Crippen LogP contribution is 2.41. The second kappa shape index (κ2) is 6.99. The van der Waals surface area contributed by atoms with Crippen LogP contribution in [0.2, 0.25) is 0 Å². The minimum atomic E-state index is -0.573. The third kappa shape index (κ3) is 3.48. The number of piperidine rings is 1. The Morgan fingerprint density at radius 1 is 1.14 bits per heavy atom. The van der Waals surface area contributed by atoms with E-state index < -0.39 is 10.5 Å². The second-order valence-electron chi connectivity index (χ2n) is 7.94. The molecule has 7 nitrogen and oxygen atoms in total. The van der Waals surface area contributed by atoms with Crippen LogP contribution in [0.3, 0.4) is 0 Å². The van der Waals surface area contributed by atoms with Crippen LogP contribution in [0.15, 0.2) is 36.4 Å². The first-order valence-corrected chi connectivity index (χ1v) is 9.65. The summed E-state index contributed by atoms with van der Waals surface area (Å²) in [5.41, 5.74) is 2.45. The molecule has 1 amide bonds. The fourth-order valence-corrected chi connectivity index (χ4v) is 4.24. The minimum absolute atomic E-state index is 0.0439. The molecule has 2 heterocycles. The highest BCUT2D eigenvalue weighted by Gasteiger charge is 2.44. The third-order valence-corrected chi connectivity index (χ3v) is 5.81. The van der Waals surface area contributed by atoms with Crippen LogP contribution in [0, 0.1) is 24.0 Å². The van der Waals surface area contributed by atoms with Crippen molar-refractivity contribution in [3.63, 3.8) is 0 Å². The number of ether oxygens (including phenoxy) is 1. The molecule has 0 atom stereocenters. The van der Waals surface area contributed by atoms with Gasteiger partial charge in [0, 0.05) is 43.6 Å². The molecular weight excluding hydrogens is 372 g/mol. The topological polar surface area (TPSA) is 89.8 Å². The monoisotopic (exact) mass is 394 g/mol. The number of carbonyl (C=O) groups is 2. The molecule has 1 spiro atoms. The highest BCUT2D eigenvalue weighted by molar-refractivity contribution is 6.01. The van der Waals surface area contributed by atoms with Crippen LogP contribution in [-0.4, -0.2) is 40.2 Å². The fraction of sp³-hybridized carbons (Fsp3) is 0.364. The molecule has 2 aromatic carbocycles. The van der Waals surface area contributed by atoms with Gasteiger partial charge in [0.15, 0.2) is 5.78 Å². The van der Waals surface area contributed by atoms with E-state index in [1.807, 2.05) is 26.0 Å². The lowest BCUT2D eigenvalue weighted by Crippen LogP contribution is -2.52. The van der Waals surface area contributed by atoms with Crippen LogP contribution in [0.4, 0.5) is 5.69 Å². The number of carbonyl (C=O) groups excluding carboxylic acids is 2. The van der Waals surface area contributed by atoms with E-state index in [-0.39, 0.29) is 17.4 Å². The Hall–Kier alpha value is -3.22. The second-order valence-corrected chi connectivity index (χ2v) is 7.94. The zero-order valence-electron chi connectivity index (χ0n) is 16.4. The maximum absolute atomic E-state index is 12.8. The first-order chi connectivity index (χ1) is 13.8. The number of hydrogen-bond acceptors (Lipinski definition) is 5. The Kier molecular flexibility index (Phi) is 4.61. The molecule has 2 aliphatic rings. The molecule has 1 fully saturated rings. The number of amides is 1. The third-order valence-electron chi connectivity index (χ3n) is 5.81. The van der Waals surface area contributed by atoms with Crippen molar-refractivity contribution in [3.8, 4) is 5.75 Å². The van der Waals surface area contributed by atoms with Crippen LogP contribution in [0.25, 0.3) is 0 Å².